The molecule has 0 spiro atoms. The molecule has 1 aliphatic rings. The standard InChI is InChI=1S/C21H25NO4/c1-5-22-15-7-6-12(2)19(14(15)10-18(22)25)20-16(23)8-13(9-17(20)24)11-21(3,4)26/h6-9,23-24,26H,5,10-11H2,1-4H3. The van der Waals surface area contributed by atoms with E-state index in [2.05, 4.69) is 0 Å². The van der Waals surface area contributed by atoms with Crippen molar-refractivity contribution >= 4 is 11.6 Å². The monoisotopic (exact) mass is 355 g/mol. The predicted molar refractivity (Wildman–Crippen MR) is 102 cm³/mol. The maximum atomic E-state index is 12.3. The Balaban J connectivity index is 2.17. The number of anilines is 1. The van der Waals surface area contributed by atoms with Gasteiger partial charge in [0.15, 0.2) is 0 Å². The Morgan fingerprint density at radius 1 is 1.12 bits per heavy atom. The number of carbonyl (C=O) groups excluding carboxylic acids is 1. The molecule has 5 nitrogen and oxygen atoms in total. The van der Waals surface area contributed by atoms with Crippen LogP contribution < -0.4 is 4.90 Å². The number of benzene rings is 2. The number of aromatic hydroxyl groups is 2. The minimum Gasteiger partial charge on any atom is -0.507 e. The summed E-state index contributed by atoms with van der Waals surface area (Å²) in [6.45, 7) is 7.75. The van der Waals surface area contributed by atoms with Gasteiger partial charge in [-0.1, -0.05) is 6.07 Å². The van der Waals surface area contributed by atoms with E-state index in [0.717, 1.165) is 16.8 Å². The lowest BCUT2D eigenvalue weighted by molar-refractivity contribution is -0.117. The lowest BCUT2D eigenvalue weighted by Crippen LogP contribution is -2.25. The molecule has 0 aliphatic carbocycles. The number of hydrogen-bond donors (Lipinski definition) is 3. The second-order valence-electron chi connectivity index (χ2n) is 7.57. The van der Waals surface area contributed by atoms with Gasteiger partial charge in [0.05, 0.1) is 17.6 Å². The van der Waals surface area contributed by atoms with E-state index >= 15 is 0 Å². The molecule has 2 aromatic rings. The van der Waals surface area contributed by atoms with Gasteiger partial charge >= 0.3 is 0 Å². The lowest BCUT2D eigenvalue weighted by Gasteiger charge is -2.20. The first kappa shape index (κ1) is 18.3. The van der Waals surface area contributed by atoms with E-state index in [1.807, 2.05) is 26.0 Å². The summed E-state index contributed by atoms with van der Waals surface area (Å²) in [5, 5.41) is 31.2. The van der Waals surface area contributed by atoms with Crippen molar-refractivity contribution in [1.82, 2.24) is 0 Å². The van der Waals surface area contributed by atoms with Crippen molar-refractivity contribution in [2.75, 3.05) is 11.4 Å². The summed E-state index contributed by atoms with van der Waals surface area (Å²) >= 11 is 0. The first-order chi connectivity index (χ1) is 12.1. The molecule has 138 valence electrons. The Morgan fingerprint density at radius 3 is 2.27 bits per heavy atom. The number of carbonyl (C=O) groups is 1. The minimum absolute atomic E-state index is 0.0204. The van der Waals surface area contributed by atoms with E-state index in [0.29, 0.717) is 29.7 Å². The van der Waals surface area contributed by atoms with E-state index in [4.69, 9.17) is 0 Å². The normalized spacial score (nSPS) is 14.0. The molecule has 0 saturated carbocycles. The summed E-state index contributed by atoms with van der Waals surface area (Å²) in [4.78, 5) is 14.0. The Bertz CT molecular complexity index is 857. The van der Waals surface area contributed by atoms with Gasteiger partial charge in [-0.2, -0.15) is 0 Å². The van der Waals surface area contributed by atoms with Gasteiger partial charge < -0.3 is 20.2 Å². The molecule has 5 heteroatoms. The average molecular weight is 355 g/mol. The van der Waals surface area contributed by atoms with E-state index in [1.54, 1.807) is 30.9 Å². The quantitative estimate of drug-likeness (QED) is 0.786. The van der Waals surface area contributed by atoms with Gasteiger partial charge in [0, 0.05) is 18.7 Å². The second-order valence-corrected chi connectivity index (χ2v) is 7.57. The first-order valence-corrected chi connectivity index (χ1v) is 8.83. The number of aryl methyl sites for hydroxylation is 1. The summed E-state index contributed by atoms with van der Waals surface area (Å²) in [5.74, 6) is -0.0849. The van der Waals surface area contributed by atoms with Gasteiger partial charge in [-0.05, 0) is 68.1 Å². The molecule has 1 aliphatic heterocycles. The SMILES string of the molecule is CCN1C(=O)Cc2c1ccc(C)c2-c1c(O)cc(CC(C)(C)O)cc1O. The summed E-state index contributed by atoms with van der Waals surface area (Å²) in [7, 11) is 0. The van der Waals surface area contributed by atoms with Crippen LogP contribution >= 0.6 is 0 Å². The average Bonchev–Trinajstić information content (AvgIpc) is 2.82. The van der Waals surface area contributed by atoms with Crippen LogP contribution in [0.5, 0.6) is 11.5 Å². The summed E-state index contributed by atoms with van der Waals surface area (Å²) in [6.07, 6.45) is 0.562. The summed E-state index contributed by atoms with van der Waals surface area (Å²) < 4.78 is 0. The molecular weight excluding hydrogens is 330 g/mol. The van der Waals surface area contributed by atoms with Crippen molar-refractivity contribution in [2.24, 2.45) is 0 Å². The van der Waals surface area contributed by atoms with Crippen molar-refractivity contribution in [3.8, 4) is 22.6 Å². The zero-order chi connectivity index (χ0) is 19.2. The predicted octanol–water partition coefficient (Wildman–Crippen LogP) is 3.30. The van der Waals surface area contributed by atoms with Crippen molar-refractivity contribution in [2.45, 2.75) is 46.1 Å². The van der Waals surface area contributed by atoms with Crippen LogP contribution in [0.15, 0.2) is 24.3 Å². The van der Waals surface area contributed by atoms with E-state index in [1.165, 1.54) is 0 Å². The molecule has 3 N–H and O–H groups in total. The zero-order valence-electron chi connectivity index (χ0n) is 15.6. The molecule has 3 rings (SSSR count). The lowest BCUT2D eigenvalue weighted by atomic mass is 9.90. The Labute approximate surface area is 153 Å². The topological polar surface area (TPSA) is 81.0 Å². The maximum Gasteiger partial charge on any atom is 0.231 e. The molecular formula is C21H25NO4. The summed E-state index contributed by atoms with van der Waals surface area (Å²) in [5.41, 5.74) is 3.29. The molecule has 26 heavy (non-hydrogen) atoms. The van der Waals surface area contributed by atoms with Crippen LogP contribution in [0.4, 0.5) is 5.69 Å². The highest BCUT2D eigenvalue weighted by atomic mass is 16.3. The van der Waals surface area contributed by atoms with Gasteiger partial charge in [0.1, 0.15) is 11.5 Å². The van der Waals surface area contributed by atoms with Crippen molar-refractivity contribution in [3.05, 3.63) is 41.0 Å². The molecule has 0 aromatic heterocycles. The van der Waals surface area contributed by atoms with Gasteiger partial charge in [-0.25, -0.2) is 0 Å². The molecule has 0 bridgehead atoms. The first-order valence-electron chi connectivity index (χ1n) is 8.83. The number of likely N-dealkylation sites (N-methyl/N-ethyl adjacent to an activating group) is 1. The van der Waals surface area contributed by atoms with Gasteiger partial charge in [0.25, 0.3) is 0 Å². The molecule has 0 unspecified atom stereocenters. The van der Waals surface area contributed by atoms with Crippen LogP contribution in [0.25, 0.3) is 11.1 Å². The fourth-order valence-electron chi connectivity index (χ4n) is 3.79. The molecule has 0 saturated heterocycles. The number of aliphatic hydroxyl groups is 1. The molecule has 1 amide bonds. The highest BCUT2D eigenvalue weighted by Crippen LogP contribution is 2.46. The van der Waals surface area contributed by atoms with Crippen molar-refractivity contribution in [1.29, 1.82) is 0 Å². The maximum absolute atomic E-state index is 12.3. The van der Waals surface area contributed by atoms with Crippen LogP contribution in [-0.4, -0.2) is 33.4 Å². The molecule has 2 aromatic carbocycles. The number of phenols is 2. The van der Waals surface area contributed by atoms with Gasteiger partial charge in [-0.15, -0.1) is 0 Å². The number of hydrogen-bond acceptors (Lipinski definition) is 4. The van der Waals surface area contributed by atoms with Crippen LogP contribution in [0.1, 0.15) is 37.5 Å². The zero-order valence-corrected chi connectivity index (χ0v) is 15.6. The highest BCUT2D eigenvalue weighted by molar-refractivity contribution is 6.05. The third-order valence-electron chi connectivity index (χ3n) is 4.78. The largest absolute Gasteiger partial charge is 0.507 e. The Morgan fingerprint density at radius 2 is 1.73 bits per heavy atom. The van der Waals surface area contributed by atoms with Crippen molar-refractivity contribution in [3.63, 3.8) is 0 Å². The highest BCUT2D eigenvalue weighted by Gasteiger charge is 2.31. The van der Waals surface area contributed by atoms with E-state index < -0.39 is 5.60 Å². The van der Waals surface area contributed by atoms with Gasteiger partial charge in [-0.3, -0.25) is 4.79 Å². The number of nitrogens with zero attached hydrogens (tertiary/aromatic N) is 1. The molecule has 0 fully saturated rings. The molecule has 0 radical (unpaired) electrons. The van der Waals surface area contributed by atoms with Crippen molar-refractivity contribution < 1.29 is 20.1 Å². The number of phenolic OH excluding ortho intramolecular Hbond substituents is 2. The third-order valence-corrected chi connectivity index (χ3v) is 4.78. The smallest absolute Gasteiger partial charge is 0.231 e. The second kappa shape index (κ2) is 6.32. The number of fused-ring (bicyclic) bond motifs is 1. The van der Waals surface area contributed by atoms with Crippen LogP contribution in [0.3, 0.4) is 0 Å². The minimum atomic E-state index is -0.946. The van der Waals surface area contributed by atoms with E-state index in [9.17, 15) is 20.1 Å². The van der Waals surface area contributed by atoms with E-state index in [-0.39, 0.29) is 23.8 Å². The fourth-order valence-corrected chi connectivity index (χ4v) is 3.79. The van der Waals surface area contributed by atoms with Crippen LogP contribution in [-0.2, 0) is 17.6 Å². The molecule has 0 atom stereocenters. The summed E-state index contributed by atoms with van der Waals surface area (Å²) in [6, 6.07) is 6.96. The number of rotatable bonds is 4. The Hall–Kier alpha value is -2.53. The molecule has 1 heterocycles. The third kappa shape index (κ3) is 3.15. The van der Waals surface area contributed by atoms with Gasteiger partial charge in [0.2, 0.25) is 5.91 Å². The van der Waals surface area contributed by atoms with Crippen LogP contribution in [0, 0.1) is 6.92 Å². The Kier molecular flexibility index (Phi) is 4.44. The number of amides is 1. The van der Waals surface area contributed by atoms with Crippen LogP contribution in [0.2, 0.25) is 0 Å². The fraction of sp³-hybridized carbons (Fsp3) is 0.381.